The molecule has 0 aliphatic heterocycles. The fourth-order valence-electron chi connectivity index (χ4n) is 2.28. The van der Waals surface area contributed by atoms with Crippen LogP contribution in [0, 0.1) is 11.6 Å². The third-order valence-electron chi connectivity index (χ3n) is 3.38. The average Bonchev–Trinajstić information content (AvgIpc) is 2.50. The Bertz CT molecular complexity index is 815. The van der Waals surface area contributed by atoms with E-state index in [2.05, 4.69) is 0 Å². The summed E-state index contributed by atoms with van der Waals surface area (Å²) < 4.78 is 26.5. The second-order valence-electron chi connectivity index (χ2n) is 4.76. The van der Waals surface area contributed by atoms with Crippen molar-refractivity contribution in [3.63, 3.8) is 0 Å². The molecule has 0 aliphatic carbocycles. The first-order chi connectivity index (χ1) is 10.1. The number of hydrogen-bond donors (Lipinski definition) is 0. The van der Waals surface area contributed by atoms with Gasteiger partial charge in [-0.05, 0) is 40.1 Å². The minimum atomic E-state index is -0.980. The van der Waals surface area contributed by atoms with Crippen LogP contribution in [0.5, 0.6) is 0 Å². The van der Waals surface area contributed by atoms with Crippen molar-refractivity contribution in [2.24, 2.45) is 0 Å². The van der Waals surface area contributed by atoms with Gasteiger partial charge in [0.1, 0.15) is 0 Å². The molecule has 0 N–H and O–H groups in total. The van der Waals surface area contributed by atoms with E-state index >= 15 is 0 Å². The molecule has 0 saturated heterocycles. The van der Waals surface area contributed by atoms with Crippen molar-refractivity contribution in [2.45, 2.75) is 5.38 Å². The molecule has 106 valence electrons. The van der Waals surface area contributed by atoms with Gasteiger partial charge in [-0.3, -0.25) is 0 Å². The maximum absolute atomic E-state index is 13.4. The molecule has 0 nitrogen and oxygen atoms in total. The Kier molecular flexibility index (Phi) is 3.83. The van der Waals surface area contributed by atoms with Crippen molar-refractivity contribution in [1.29, 1.82) is 0 Å². The SMILES string of the molecule is Fc1cc(Cl)c(C(Cl)c2ccc3ccccc3c2)cc1F. The fourth-order valence-corrected chi connectivity index (χ4v) is 2.91. The van der Waals surface area contributed by atoms with E-state index in [0.717, 1.165) is 28.5 Å². The van der Waals surface area contributed by atoms with Crippen LogP contribution >= 0.6 is 23.2 Å². The van der Waals surface area contributed by atoms with Gasteiger partial charge in [0.25, 0.3) is 0 Å². The van der Waals surface area contributed by atoms with Crippen molar-refractivity contribution < 1.29 is 8.78 Å². The van der Waals surface area contributed by atoms with E-state index < -0.39 is 17.0 Å². The van der Waals surface area contributed by atoms with Crippen LogP contribution in [0.2, 0.25) is 5.02 Å². The number of halogens is 4. The molecule has 0 aliphatic rings. The molecule has 0 bridgehead atoms. The van der Waals surface area contributed by atoms with E-state index in [0.29, 0.717) is 5.56 Å². The van der Waals surface area contributed by atoms with Crippen LogP contribution in [0.15, 0.2) is 54.6 Å². The molecule has 0 radical (unpaired) electrons. The van der Waals surface area contributed by atoms with Crippen molar-refractivity contribution in [3.05, 3.63) is 82.4 Å². The van der Waals surface area contributed by atoms with Gasteiger partial charge in [-0.1, -0.05) is 48.0 Å². The van der Waals surface area contributed by atoms with Crippen molar-refractivity contribution >= 4 is 34.0 Å². The summed E-state index contributed by atoms with van der Waals surface area (Å²) in [6.45, 7) is 0. The first-order valence-electron chi connectivity index (χ1n) is 6.33. The van der Waals surface area contributed by atoms with Crippen molar-refractivity contribution in [1.82, 2.24) is 0 Å². The predicted molar refractivity (Wildman–Crippen MR) is 83.0 cm³/mol. The summed E-state index contributed by atoms with van der Waals surface area (Å²) in [6, 6.07) is 15.6. The summed E-state index contributed by atoms with van der Waals surface area (Å²) >= 11 is 12.4. The predicted octanol–water partition coefficient (Wildman–Crippen LogP) is 6.10. The fraction of sp³-hybridized carbons (Fsp3) is 0.0588. The Morgan fingerprint density at radius 2 is 1.48 bits per heavy atom. The number of fused-ring (bicyclic) bond motifs is 1. The molecule has 0 aromatic heterocycles. The molecule has 0 amide bonds. The van der Waals surface area contributed by atoms with Crippen LogP contribution in [-0.2, 0) is 0 Å². The third kappa shape index (κ3) is 2.74. The largest absolute Gasteiger partial charge is 0.204 e. The molecule has 3 rings (SSSR count). The van der Waals surface area contributed by atoms with E-state index in [1.807, 2.05) is 42.5 Å². The van der Waals surface area contributed by atoms with E-state index in [1.54, 1.807) is 0 Å². The maximum atomic E-state index is 13.4. The molecule has 0 saturated carbocycles. The standard InChI is InChI=1S/C17H10Cl2F2/c18-14-9-16(21)15(20)8-13(14)17(19)12-6-5-10-3-1-2-4-11(10)7-12/h1-9,17H. The minimum absolute atomic E-state index is 0.113. The van der Waals surface area contributed by atoms with Gasteiger partial charge in [-0.2, -0.15) is 0 Å². The number of rotatable bonds is 2. The molecule has 4 heteroatoms. The van der Waals surface area contributed by atoms with Crippen LogP contribution < -0.4 is 0 Å². The Hall–Kier alpha value is -1.64. The summed E-state index contributed by atoms with van der Waals surface area (Å²) in [5, 5.41) is 1.58. The van der Waals surface area contributed by atoms with Crippen LogP contribution in [-0.4, -0.2) is 0 Å². The van der Waals surface area contributed by atoms with Gasteiger partial charge in [0.15, 0.2) is 11.6 Å². The third-order valence-corrected chi connectivity index (χ3v) is 4.19. The van der Waals surface area contributed by atoms with Gasteiger partial charge in [-0.25, -0.2) is 8.78 Å². The quantitative estimate of drug-likeness (QED) is 0.395. The van der Waals surface area contributed by atoms with Gasteiger partial charge in [-0.15, -0.1) is 11.6 Å². The molecular weight excluding hydrogens is 313 g/mol. The molecule has 21 heavy (non-hydrogen) atoms. The summed E-state index contributed by atoms with van der Waals surface area (Å²) in [6.07, 6.45) is 0. The first kappa shape index (κ1) is 14.3. The highest BCUT2D eigenvalue weighted by Crippen LogP contribution is 2.35. The monoisotopic (exact) mass is 322 g/mol. The average molecular weight is 323 g/mol. The van der Waals surface area contributed by atoms with Crippen LogP contribution in [0.3, 0.4) is 0 Å². The Balaban J connectivity index is 2.07. The lowest BCUT2D eigenvalue weighted by molar-refractivity contribution is 0.507. The van der Waals surface area contributed by atoms with Crippen LogP contribution in [0.25, 0.3) is 10.8 Å². The lowest BCUT2D eigenvalue weighted by Gasteiger charge is -2.13. The van der Waals surface area contributed by atoms with E-state index in [-0.39, 0.29) is 5.02 Å². The van der Waals surface area contributed by atoms with E-state index in [4.69, 9.17) is 23.2 Å². The zero-order valence-electron chi connectivity index (χ0n) is 10.8. The highest BCUT2D eigenvalue weighted by Gasteiger charge is 2.17. The Morgan fingerprint density at radius 3 is 2.24 bits per heavy atom. The van der Waals surface area contributed by atoms with E-state index in [9.17, 15) is 8.78 Å². The van der Waals surface area contributed by atoms with Gasteiger partial charge < -0.3 is 0 Å². The normalized spacial score (nSPS) is 12.6. The second-order valence-corrected chi connectivity index (χ2v) is 5.60. The zero-order valence-corrected chi connectivity index (χ0v) is 12.3. The molecular formula is C17H10Cl2F2. The molecule has 0 spiro atoms. The smallest absolute Gasteiger partial charge is 0.160 e. The van der Waals surface area contributed by atoms with Gasteiger partial charge in [0.05, 0.1) is 5.38 Å². The molecule has 3 aromatic rings. The van der Waals surface area contributed by atoms with Gasteiger partial charge in [0.2, 0.25) is 0 Å². The molecule has 0 heterocycles. The lowest BCUT2D eigenvalue weighted by Crippen LogP contribution is -1.97. The zero-order chi connectivity index (χ0) is 15.0. The minimum Gasteiger partial charge on any atom is -0.204 e. The number of hydrogen-bond acceptors (Lipinski definition) is 0. The van der Waals surface area contributed by atoms with Crippen molar-refractivity contribution in [2.75, 3.05) is 0 Å². The van der Waals surface area contributed by atoms with Gasteiger partial charge in [0, 0.05) is 5.02 Å². The number of alkyl halides is 1. The summed E-state index contributed by atoms with van der Waals surface area (Å²) in [7, 11) is 0. The first-order valence-corrected chi connectivity index (χ1v) is 7.15. The van der Waals surface area contributed by atoms with Gasteiger partial charge >= 0.3 is 0 Å². The molecule has 0 fully saturated rings. The Labute approximate surface area is 130 Å². The van der Waals surface area contributed by atoms with Crippen LogP contribution in [0.1, 0.15) is 16.5 Å². The van der Waals surface area contributed by atoms with E-state index in [1.165, 1.54) is 0 Å². The Morgan fingerprint density at radius 1 is 0.810 bits per heavy atom. The topological polar surface area (TPSA) is 0 Å². The summed E-state index contributed by atoms with van der Waals surface area (Å²) in [5.41, 5.74) is 1.13. The highest BCUT2D eigenvalue weighted by molar-refractivity contribution is 6.33. The highest BCUT2D eigenvalue weighted by atomic mass is 35.5. The molecule has 1 atom stereocenters. The summed E-state index contributed by atoms with van der Waals surface area (Å²) in [4.78, 5) is 0. The lowest BCUT2D eigenvalue weighted by atomic mass is 10.0. The summed E-state index contributed by atoms with van der Waals surface area (Å²) in [5.74, 6) is -1.94. The van der Waals surface area contributed by atoms with Crippen molar-refractivity contribution in [3.8, 4) is 0 Å². The number of benzene rings is 3. The van der Waals surface area contributed by atoms with Crippen LogP contribution in [0.4, 0.5) is 8.78 Å². The molecule has 1 unspecified atom stereocenters. The second kappa shape index (κ2) is 5.63. The molecule has 3 aromatic carbocycles. The maximum Gasteiger partial charge on any atom is 0.160 e.